The summed E-state index contributed by atoms with van der Waals surface area (Å²) in [6.45, 7) is 0. The summed E-state index contributed by atoms with van der Waals surface area (Å²) in [7, 11) is 6.56. The molecule has 0 saturated heterocycles. The number of ether oxygens (including phenoxy) is 1. The minimum absolute atomic E-state index is 0.174. The number of methoxy groups -OCH3 is 1. The van der Waals surface area contributed by atoms with Crippen molar-refractivity contribution >= 4 is 39.3 Å². The number of aromatic nitrogens is 4. The van der Waals surface area contributed by atoms with Crippen LogP contribution in [0.4, 0.5) is 0 Å². The molecule has 0 bridgehead atoms. The highest BCUT2D eigenvalue weighted by Crippen LogP contribution is 2.30. The molecule has 0 unspecified atom stereocenters. The second kappa shape index (κ2) is 6.89. The van der Waals surface area contributed by atoms with Crippen LogP contribution in [0.15, 0.2) is 41.3 Å². The van der Waals surface area contributed by atoms with E-state index in [-0.39, 0.29) is 17.2 Å². The van der Waals surface area contributed by atoms with E-state index in [9.17, 15) is 9.59 Å². The quantitative estimate of drug-likeness (QED) is 0.517. The third kappa shape index (κ3) is 2.92. The van der Waals surface area contributed by atoms with Gasteiger partial charge in [-0.15, -0.1) is 0 Å². The first-order valence-corrected chi connectivity index (χ1v) is 9.14. The van der Waals surface area contributed by atoms with Crippen LogP contribution in [0.25, 0.3) is 27.5 Å². The van der Waals surface area contributed by atoms with E-state index in [4.69, 9.17) is 16.3 Å². The largest absolute Gasteiger partial charge is 0.481 e. The zero-order valence-electron chi connectivity index (χ0n) is 16.3. The predicted molar refractivity (Wildman–Crippen MR) is 111 cm³/mol. The Morgan fingerprint density at radius 3 is 2.59 bits per heavy atom. The van der Waals surface area contributed by atoms with Crippen molar-refractivity contribution in [2.75, 3.05) is 21.2 Å². The first kappa shape index (κ1) is 18.9. The number of hydrogen-bond donors (Lipinski definition) is 0. The lowest BCUT2D eigenvalue weighted by Crippen LogP contribution is -2.30. The molecule has 29 heavy (non-hydrogen) atoms. The van der Waals surface area contributed by atoms with Gasteiger partial charge in [0, 0.05) is 43.0 Å². The normalized spacial score (nSPS) is 11.2. The standard InChI is InChI=1S/C20H18ClN5O3/c1-24(2)19(27)17-16-13-7-5-11(21)9-14(13)25(3)18(16)20(28)26(23-17)12-6-8-15(29-4)22-10-12/h5-10H,1-4H3. The summed E-state index contributed by atoms with van der Waals surface area (Å²) in [6.07, 6.45) is 1.47. The molecule has 0 atom stereocenters. The van der Waals surface area contributed by atoms with Gasteiger partial charge in [-0.3, -0.25) is 9.59 Å². The van der Waals surface area contributed by atoms with Crippen LogP contribution in [-0.2, 0) is 7.05 Å². The molecule has 0 aliphatic heterocycles. The number of carbonyl (C=O) groups is 1. The first-order valence-electron chi connectivity index (χ1n) is 8.76. The molecule has 148 valence electrons. The van der Waals surface area contributed by atoms with Crippen molar-refractivity contribution in [1.29, 1.82) is 0 Å². The minimum Gasteiger partial charge on any atom is -0.481 e. The van der Waals surface area contributed by atoms with E-state index < -0.39 is 0 Å². The lowest BCUT2D eigenvalue weighted by molar-refractivity contribution is 0.0822. The topological polar surface area (TPSA) is 82.3 Å². The van der Waals surface area contributed by atoms with Crippen LogP contribution in [-0.4, -0.2) is 51.3 Å². The Morgan fingerprint density at radius 2 is 1.97 bits per heavy atom. The fraction of sp³-hybridized carbons (Fsp3) is 0.200. The Bertz CT molecular complexity index is 1320. The SMILES string of the molecule is COc1ccc(-n2nc(C(=O)N(C)C)c3c4ccc(Cl)cc4n(C)c3c2=O)cn1. The number of fused-ring (bicyclic) bond motifs is 3. The van der Waals surface area contributed by atoms with E-state index >= 15 is 0 Å². The third-order valence-electron chi connectivity index (χ3n) is 4.78. The van der Waals surface area contributed by atoms with Crippen LogP contribution in [0.2, 0.25) is 5.02 Å². The molecule has 0 radical (unpaired) electrons. The van der Waals surface area contributed by atoms with Gasteiger partial charge in [-0.1, -0.05) is 17.7 Å². The molecule has 0 fully saturated rings. The summed E-state index contributed by atoms with van der Waals surface area (Å²) in [5.41, 5.74) is 1.34. The highest BCUT2D eigenvalue weighted by molar-refractivity contribution is 6.31. The maximum atomic E-state index is 13.4. The second-order valence-electron chi connectivity index (χ2n) is 6.77. The van der Waals surface area contributed by atoms with E-state index in [0.717, 1.165) is 10.9 Å². The van der Waals surface area contributed by atoms with Crippen LogP contribution < -0.4 is 10.3 Å². The van der Waals surface area contributed by atoms with Crippen molar-refractivity contribution in [3.8, 4) is 11.6 Å². The van der Waals surface area contributed by atoms with Crippen molar-refractivity contribution in [2.45, 2.75) is 0 Å². The van der Waals surface area contributed by atoms with Crippen LogP contribution in [0.1, 0.15) is 10.5 Å². The van der Waals surface area contributed by atoms with E-state index in [1.807, 2.05) is 0 Å². The number of hydrogen-bond acceptors (Lipinski definition) is 5. The molecular weight excluding hydrogens is 394 g/mol. The summed E-state index contributed by atoms with van der Waals surface area (Å²) in [5, 5.41) is 6.20. The molecule has 0 spiro atoms. The number of halogens is 1. The van der Waals surface area contributed by atoms with Crippen LogP contribution in [0.5, 0.6) is 5.88 Å². The number of carbonyl (C=O) groups excluding carboxylic acids is 1. The molecule has 1 amide bonds. The lowest BCUT2D eigenvalue weighted by Gasteiger charge is -2.13. The average Bonchev–Trinajstić information content (AvgIpc) is 3.00. The molecule has 0 saturated carbocycles. The Hall–Kier alpha value is -3.39. The fourth-order valence-corrected chi connectivity index (χ4v) is 3.52. The molecule has 0 aliphatic rings. The van der Waals surface area contributed by atoms with Gasteiger partial charge in [-0.25, -0.2) is 4.98 Å². The maximum absolute atomic E-state index is 13.4. The first-order chi connectivity index (χ1) is 13.8. The number of pyridine rings is 1. The Labute approximate surface area is 170 Å². The summed E-state index contributed by atoms with van der Waals surface area (Å²) in [4.78, 5) is 31.9. The predicted octanol–water partition coefficient (Wildman–Crippen LogP) is 2.64. The van der Waals surface area contributed by atoms with E-state index in [1.54, 1.807) is 56.0 Å². The Morgan fingerprint density at radius 1 is 1.21 bits per heavy atom. The van der Waals surface area contributed by atoms with Gasteiger partial charge >= 0.3 is 0 Å². The van der Waals surface area contributed by atoms with Gasteiger partial charge in [0.15, 0.2) is 5.69 Å². The molecule has 4 aromatic rings. The van der Waals surface area contributed by atoms with Crippen molar-refractivity contribution in [3.05, 3.63) is 57.6 Å². The molecule has 0 N–H and O–H groups in total. The number of aryl methyl sites for hydroxylation is 1. The van der Waals surface area contributed by atoms with Gasteiger partial charge in [0.1, 0.15) is 5.52 Å². The van der Waals surface area contributed by atoms with Crippen molar-refractivity contribution in [2.24, 2.45) is 7.05 Å². The summed E-state index contributed by atoms with van der Waals surface area (Å²) >= 11 is 6.16. The molecule has 4 rings (SSSR count). The monoisotopic (exact) mass is 411 g/mol. The molecule has 8 nitrogen and oxygen atoms in total. The lowest BCUT2D eigenvalue weighted by atomic mass is 10.1. The minimum atomic E-state index is -0.364. The van der Waals surface area contributed by atoms with E-state index in [2.05, 4.69) is 10.1 Å². The molecular formula is C20H18ClN5O3. The molecule has 3 heterocycles. The van der Waals surface area contributed by atoms with Gasteiger partial charge in [-0.2, -0.15) is 9.78 Å². The zero-order chi connectivity index (χ0) is 20.9. The van der Waals surface area contributed by atoms with Crippen molar-refractivity contribution in [3.63, 3.8) is 0 Å². The van der Waals surface area contributed by atoms with Crippen molar-refractivity contribution in [1.82, 2.24) is 24.2 Å². The highest BCUT2D eigenvalue weighted by Gasteiger charge is 2.24. The number of nitrogens with zero attached hydrogens (tertiary/aromatic N) is 5. The third-order valence-corrected chi connectivity index (χ3v) is 5.01. The summed E-state index contributed by atoms with van der Waals surface area (Å²) in [5.74, 6) is 0.0967. The van der Waals surface area contributed by atoms with Crippen LogP contribution >= 0.6 is 11.6 Å². The maximum Gasteiger partial charge on any atom is 0.296 e. The summed E-state index contributed by atoms with van der Waals surface area (Å²) < 4.78 is 8.00. The summed E-state index contributed by atoms with van der Waals surface area (Å²) in [6, 6.07) is 8.58. The Kier molecular flexibility index (Phi) is 4.50. The number of amides is 1. The smallest absolute Gasteiger partial charge is 0.296 e. The van der Waals surface area contributed by atoms with Gasteiger partial charge < -0.3 is 14.2 Å². The van der Waals surface area contributed by atoms with Gasteiger partial charge in [-0.05, 0) is 18.2 Å². The molecule has 0 aliphatic carbocycles. The highest BCUT2D eigenvalue weighted by atomic mass is 35.5. The van der Waals surface area contributed by atoms with E-state index in [0.29, 0.717) is 27.5 Å². The number of benzene rings is 1. The number of rotatable bonds is 3. The van der Waals surface area contributed by atoms with Crippen molar-refractivity contribution < 1.29 is 9.53 Å². The second-order valence-corrected chi connectivity index (χ2v) is 7.20. The van der Waals surface area contributed by atoms with Gasteiger partial charge in [0.25, 0.3) is 11.5 Å². The van der Waals surface area contributed by atoms with Crippen LogP contribution in [0.3, 0.4) is 0 Å². The molecule has 9 heteroatoms. The van der Waals surface area contributed by atoms with Gasteiger partial charge in [0.2, 0.25) is 5.88 Å². The molecule has 3 aromatic heterocycles. The zero-order valence-corrected chi connectivity index (χ0v) is 17.1. The van der Waals surface area contributed by atoms with Gasteiger partial charge in [0.05, 0.1) is 24.5 Å². The average molecular weight is 412 g/mol. The van der Waals surface area contributed by atoms with E-state index in [1.165, 1.54) is 22.9 Å². The molecule has 1 aromatic carbocycles. The Balaban J connectivity index is 2.15. The van der Waals surface area contributed by atoms with Crippen LogP contribution in [0, 0.1) is 0 Å². The fourth-order valence-electron chi connectivity index (χ4n) is 3.35.